The highest BCUT2D eigenvalue weighted by Gasteiger charge is 2.15. The zero-order valence-corrected chi connectivity index (χ0v) is 10.5. The Balaban J connectivity index is 3.26. The Labute approximate surface area is 93.4 Å². The van der Waals surface area contributed by atoms with E-state index in [0.29, 0.717) is 5.41 Å². The minimum atomic E-state index is 0.298. The quantitative estimate of drug-likeness (QED) is 0.478. The van der Waals surface area contributed by atoms with Crippen LogP contribution in [0.25, 0.3) is 0 Å². The van der Waals surface area contributed by atoms with E-state index in [4.69, 9.17) is 16.3 Å². The van der Waals surface area contributed by atoms with Crippen LogP contribution in [-0.4, -0.2) is 32.2 Å². The highest BCUT2D eigenvalue weighted by Crippen LogP contribution is 2.19. The summed E-state index contributed by atoms with van der Waals surface area (Å²) >= 11 is 5.71. The third kappa shape index (κ3) is 8.79. The zero-order chi connectivity index (χ0) is 10.9. The van der Waals surface area contributed by atoms with Crippen molar-refractivity contribution in [3.05, 3.63) is 0 Å². The molecular weight excluding hydrogens is 198 g/mol. The Kier molecular flexibility index (Phi) is 8.64. The number of hydrogen-bond acceptors (Lipinski definition) is 2. The molecule has 0 spiro atoms. The fraction of sp³-hybridized carbons (Fsp3) is 1.00. The average Bonchev–Trinajstić information content (AvgIpc) is 2.11. The van der Waals surface area contributed by atoms with Gasteiger partial charge in [-0.2, -0.15) is 0 Å². The maximum absolute atomic E-state index is 5.71. The number of halogens is 1. The number of rotatable bonds is 9. The Morgan fingerprint density at radius 2 is 2.00 bits per heavy atom. The van der Waals surface area contributed by atoms with Crippen LogP contribution in [0.1, 0.15) is 33.6 Å². The molecule has 1 N–H and O–H groups in total. The molecule has 0 aromatic rings. The van der Waals surface area contributed by atoms with Crippen LogP contribution in [0.15, 0.2) is 0 Å². The van der Waals surface area contributed by atoms with Gasteiger partial charge in [0.2, 0.25) is 0 Å². The van der Waals surface area contributed by atoms with E-state index < -0.39 is 0 Å². The summed E-state index contributed by atoms with van der Waals surface area (Å²) < 4.78 is 5.37. The lowest BCUT2D eigenvalue weighted by atomic mass is 9.90. The van der Waals surface area contributed by atoms with Gasteiger partial charge in [-0.05, 0) is 18.3 Å². The summed E-state index contributed by atoms with van der Waals surface area (Å²) in [6.45, 7) is 10.2. The molecule has 0 heterocycles. The SMILES string of the molecule is CCCOCCNCC(C)(C)CCCl. The summed E-state index contributed by atoms with van der Waals surface area (Å²) in [6, 6.07) is 0. The van der Waals surface area contributed by atoms with Gasteiger partial charge < -0.3 is 10.1 Å². The molecule has 3 heteroatoms. The summed E-state index contributed by atoms with van der Waals surface area (Å²) in [7, 11) is 0. The second kappa shape index (κ2) is 8.51. The lowest BCUT2D eigenvalue weighted by Gasteiger charge is -2.23. The largest absolute Gasteiger partial charge is 0.380 e. The van der Waals surface area contributed by atoms with Crippen molar-refractivity contribution in [3.63, 3.8) is 0 Å². The monoisotopic (exact) mass is 221 g/mol. The number of nitrogens with one attached hydrogen (secondary N) is 1. The molecule has 0 saturated carbocycles. The van der Waals surface area contributed by atoms with Gasteiger partial charge in [-0.25, -0.2) is 0 Å². The zero-order valence-electron chi connectivity index (χ0n) is 9.74. The Morgan fingerprint density at radius 1 is 1.29 bits per heavy atom. The Hall–Kier alpha value is 0.210. The first-order valence-corrected chi connectivity index (χ1v) is 6.00. The molecule has 0 aliphatic rings. The van der Waals surface area contributed by atoms with Crippen molar-refractivity contribution in [1.29, 1.82) is 0 Å². The van der Waals surface area contributed by atoms with Crippen LogP contribution < -0.4 is 5.32 Å². The third-order valence-electron chi connectivity index (χ3n) is 2.15. The van der Waals surface area contributed by atoms with Gasteiger partial charge in [0.25, 0.3) is 0 Å². The topological polar surface area (TPSA) is 21.3 Å². The van der Waals surface area contributed by atoms with Crippen molar-refractivity contribution in [2.45, 2.75) is 33.6 Å². The van der Waals surface area contributed by atoms with E-state index in [1.54, 1.807) is 0 Å². The van der Waals surface area contributed by atoms with Crippen LogP contribution in [0.5, 0.6) is 0 Å². The van der Waals surface area contributed by atoms with Crippen molar-refractivity contribution < 1.29 is 4.74 Å². The van der Waals surface area contributed by atoms with Crippen molar-refractivity contribution in [3.8, 4) is 0 Å². The molecule has 0 unspecified atom stereocenters. The minimum absolute atomic E-state index is 0.298. The molecule has 0 aromatic heterocycles. The lowest BCUT2D eigenvalue weighted by Crippen LogP contribution is -2.32. The number of alkyl halides is 1. The van der Waals surface area contributed by atoms with Crippen molar-refractivity contribution in [2.75, 3.05) is 32.2 Å². The van der Waals surface area contributed by atoms with Gasteiger partial charge in [0.1, 0.15) is 0 Å². The molecule has 0 aliphatic carbocycles. The van der Waals surface area contributed by atoms with Gasteiger partial charge >= 0.3 is 0 Å². The molecule has 0 radical (unpaired) electrons. The summed E-state index contributed by atoms with van der Waals surface area (Å²) in [5, 5.41) is 3.39. The summed E-state index contributed by atoms with van der Waals surface area (Å²) in [5.74, 6) is 0.737. The van der Waals surface area contributed by atoms with Crippen molar-refractivity contribution in [1.82, 2.24) is 5.32 Å². The first-order valence-electron chi connectivity index (χ1n) is 5.47. The van der Waals surface area contributed by atoms with Gasteiger partial charge in [-0.1, -0.05) is 20.8 Å². The fourth-order valence-corrected chi connectivity index (χ4v) is 1.67. The van der Waals surface area contributed by atoms with Crippen LogP contribution in [0.2, 0.25) is 0 Å². The van der Waals surface area contributed by atoms with E-state index in [1.807, 2.05) is 0 Å². The molecule has 0 fully saturated rings. The molecule has 86 valence electrons. The standard InChI is InChI=1S/C11H24ClNO/c1-4-8-14-9-7-13-10-11(2,3)5-6-12/h13H,4-10H2,1-3H3. The summed E-state index contributed by atoms with van der Waals surface area (Å²) in [6.07, 6.45) is 2.15. The third-order valence-corrected chi connectivity index (χ3v) is 2.34. The van der Waals surface area contributed by atoms with E-state index in [9.17, 15) is 0 Å². The summed E-state index contributed by atoms with van der Waals surface area (Å²) in [5.41, 5.74) is 0.298. The van der Waals surface area contributed by atoms with Crippen LogP contribution in [0.3, 0.4) is 0 Å². The summed E-state index contributed by atoms with van der Waals surface area (Å²) in [4.78, 5) is 0. The smallest absolute Gasteiger partial charge is 0.0590 e. The Morgan fingerprint density at radius 3 is 2.57 bits per heavy atom. The van der Waals surface area contributed by atoms with E-state index in [-0.39, 0.29) is 0 Å². The molecule has 0 rings (SSSR count). The highest BCUT2D eigenvalue weighted by atomic mass is 35.5. The molecule has 0 amide bonds. The molecule has 2 nitrogen and oxygen atoms in total. The molecule has 0 aliphatic heterocycles. The van der Waals surface area contributed by atoms with Crippen LogP contribution in [0.4, 0.5) is 0 Å². The maximum Gasteiger partial charge on any atom is 0.0590 e. The first kappa shape index (κ1) is 14.2. The minimum Gasteiger partial charge on any atom is -0.380 e. The maximum atomic E-state index is 5.71. The normalized spacial score (nSPS) is 12.0. The van der Waals surface area contributed by atoms with E-state index in [1.165, 1.54) is 0 Å². The van der Waals surface area contributed by atoms with E-state index in [0.717, 1.165) is 45.0 Å². The van der Waals surface area contributed by atoms with Crippen LogP contribution >= 0.6 is 11.6 Å². The molecule has 0 bridgehead atoms. The molecular formula is C11H24ClNO. The van der Waals surface area contributed by atoms with Gasteiger partial charge in [0.05, 0.1) is 6.61 Å². The molecule has 14 heavy (non-hydrogen) atoms. The second-order valence-electron chi connectivity index (χ2n) is 4.39. The molecule has 0 saturated heterocycles. The van der Waals surface area contributed by atoms with E-state index >= 15 is 0 Å². The van der Waals surface area contributed by atoms with Gasteiger partial charge in [-0.3, -0.25) is 0 Å². The van der Waals surface area contributed by atoms with Crippen LogP contribution in [0, 0.1) is 5.41 Å². The van der Waals surface area contributed by atoms with Crippen molar-refractivity contribution >= 4 is 11.6 Å². The molecule has 0 aromatic carbocycles. The van der Waals surface area contributed by atoms with Gasteiger partial charge in [0, 0.05) is 25.6 Å². The number of hydrogen-bond donors (Lipinski definition) is 1. The second-order valence-corrected chi connectivity index (χ2v) is 4.77. The predicted octanol–water partition coefficient (Wildman–Crippen LogP) is 2.66. The lowest BCUT2D eigenvalue weighted by molar-refractivity contribution is 0.134. The van der Waals surface area contributed by atoms with Gasteiger partial charge in [0.15, 0.2) is 0 Å². The van der Waals surface area contributed by atoms with Crippen LogP contribution in [-0.2, 0) is 4.74 Å². The molecule has 0 atom stereocenters. The Bertz CT molecular complexity index is 128. The van der Waals surface area contributed by atoms with E-state index in [2.05, 4.69) is 26.1 Å². The first-order chi connectivity index (χ1) is 6.62. The average molecular weight is 222 g/mol. The van der Waals surface area contributed by atoms with Gasteiger partial charge in [-0.15, -0.1) is 11.6 Å². The number of ether oxygens (including phenoxy) is 1. The highest BCUT2D eigenvalue weighted by molar-refractivity contribution is 6.17. The predicted molar refractivity (Wildman–Crippen MR) is 63.1 cm³/mol. The fourth-order valence-electron chi connectivity index (χ4n) is 1.16. The van der Waals surface area contributed by atoms with Crippen molar-refractivity contribution in [2.24, 2.45) is 5.41 Å².